The molecule has 6 heteroatoms. The average molecular weight is 501 g/mol. The molecule has 0 radical (unpaired) electrons. The largest absolute Gasteiger partial charge is 0.390 e. The monoisotopic (exact) mass is 500 g/mol. The van der Waals surface area contributed by atoms with Gasteiger partial charge in [-0.05, 0) is 100 Å². The number of hydrogen-bond acceptors (Lipinski definition) is 6. The number of nitrogens with two attached hydrogens (primary N) is 1. The molecule has 204 valence electrons. The smallest absolute Gasteiger partial charge is 0.102 e. The Morgan fingerprint density at radius 2 is 1.58 bits per heavy atom. The summed E-state index contributed by atoms with van der Waals surface area (Å²) in [5.74, 6) is 9.94. The first-order valence-corrected chi connectivity index (χ1v) is 15.8. The minimum atomic E-state index is -0.504. The second kappa shape index (κ2) is 11.3. The van der Waals surface area contributed by atoms with Crippen LogP contribution >= 0.6 is 0 Å². The predicted molar refractivity (Wildman–Crippen MR) is 142 cm³/mol. The Hall–Kier alpha value is -0.560. The molecule has 6 aliphatic rings. The summed E-state index contributed by atoms with van der Waals surface area (Å²) in [6.07, 6.45) is 19.6. The highest BCUT2D eigenvalue weighted by atomic mass is 16.6. The van der Waals surface area contributed by atoms with Gasteiger partial charge in [0.15, 0.2) is 0 Å². The van der Waals surface area contributed by atoms with Crippen molar-refractivity contribution in [1.29, 1.82) is 0 Å². The number of aliphatic hydroxyl groups excluding tert-OH is 1. The van der Waals surface area contributed by atoms with Crippen LogP contribution in [0.3, 0.4) is 0 Å². The van der Waals surface area contributed by atoms with Crippen molar-refractivity contribution in [1.82, 2.24) is 5.32 Å². The SMILES string of the molecule is CC1CCC(N=NC2C(O)C(C(ON)C3CCCCC3)CC3CCC4C5CCCCC5NC4C32)CC1. The first kappa shape index (κ1) is 25.7. The molecule has 1 saturated heterocycles. The fourth-order valence-electron chi connectivity index (χ4n) is 9.96. The molecule has 0 bridgehead atoms. The van der Waals surface area contributed by atoms with Crippen molar-refractivity contribution >= 4 is 0 Å². The minimum Gasteiger partial charge on any atom is -0.390 e. The predicted octanol–water partition coefficient (Wildman–Crippen LogP) is 5.78. The second-order valence-electron chi connectivity index (χ2n) is 13.9. The quantitative estimate of drug-likeness (QED) is 0.330. The number of hydrogen-bond donors (Lipinski definition) is 3. The molecule has 6 fully saturated rings. The van der Waals surface area contributed by atoms with Crippen molar-refractivity contribution in [3.05, 3.63) is 0 Å². The highest BCUT2D eigenvalue weighted by Gasteiger charge is 2.58. The van der Waals surface area contributed by atoms with Crippen LogP contribution in [-0.4, -0.2) is 41.5 Å². The van der Waals surface area contributed by atoms with Crippen molar-refractivity contribution in [2.45, 2.75) is 146 Å². The van der Waals surface area contributed by atoms with E-state index in [0.29, 0.717) is 35.9 Å². The fourth-order valence-corrected chi connectivity index (χ4v) is 9.96. The topological polar surface area (TPSA) is 92.2 Å². The molecular formula is C30H52N4O2. The molecular weight excluding hydrogens is 448 g/mol. The van der Waals surface area contributed by atoms with Crippen LogP contribution in [-0.2, 0) is 4.84 Å². The van der Waals surface area contributed by atoms with Crippen molar-refractivity contribution in [2.24, 2.45) is 57.6 Å². The molecule has 0 aromatic carbocycles. The molecule has 10 atom stereocenters. The summed E-state index contributed by atoms with van der Waals surface area (Å²) in [5, 5.41) is 26.3. The highest BCUT2D eigenvalue weighted by molar-refractivity contribution is 5.12. The number of nitrogens with one attached hydrogen (secondary N) is 1. The molecule has 10 unspecified atom stereocenters. The van der Waals surface area contributed by atoms with Crippen molar-refractivity contribution < 1.29 is 9.94 Å². The number of fused-ring (bicyclic) bond motifs is 5. The molecule has 0 amide bonds. The Morgan fingerprint density at radius 3 is 2.36 bits per heavy atom. The maximum Gasteiger partial charge on any atom is 0.102 e. The Labute approximate surface area is 218 Å². The Morgan fingerprint density at radius 1 is 0.833 bits per heavy atom. The summed E-state index contributed by atoms with van der Waals surface area (Å²) in [6.45, 7) is 2.36. The van der Waals surface area contributed by atoms with Gasteiger partial charge in [-0.2, -0.15) is 10.2 Å². The van der Waals surface area contributed by atoms with Gasteiger partial charge in [-0.3, -0.25) is 0 Å². The van der Waals surface area contributed by atoms with Crippen molar-refractivity contribution in [3.63, 3.8) is 0 Å². The van der Waals surface area contributed by atoms with Gasteiger partial charge in [0.1, 0.15) is 6.04 Å². The van der Waals surface area contributed by atoms with Crippen LogP contribution in [0, 0.1) is 41.4 Å². The van der Waals surface area contributed by atoms with Crippen LogP contribution in [0.25, 0.3) is 0 Å². The van der Waals surface area contributed by atoms with Crippen LogP contribution in [0.1, 0.15) is 110 Å². The zero-order chi connectivity index (χ0) is 24.6. The first-order chi connectivity index (χ1) is 17.6. The van der Waals surface area contributed by atoms with Gasteiger partial charge in [0.05, 0.1) is 18.2 Å². The van der Waals surface area contributed by atoms with E-state index in [-0.39, 0.29) is 18.1 Å². The molecule has 5 saturated carbocycles. The van der Waals surface area contributed by atoms with E-state index in [4.69, 9.17) is 21.0 Å². The van der Waals surface area contributed by atoms with Crippen molar-refractivity contribution in [3.8, 4) is 0 Å². The third-order valence-corrected chi connectivity index (χ3v) is 11.9. The van der Waals surface area contributed by atoms with Gasteiger partial charge in [0.25, 0.3) is 0 Å². The number of aliphatic hydroxyl groups is 1. The molecule has 5 aliphatic carbocycles. The second-order valence-corrected chi connectivity index (χ2v) is 13.9. The molecule has 4 N–H and O–H groups in total. The lowest BCUT2D eigenvalue weighted by molar-refractivity contribution is -0.125. The Balaban J connectivity index is 1.27. The molecule has 1 aliphatic heterocycles. The summed E-state index contributed by atoms with van der Waals surface area (Å²) >= 11 is 0. The molecule has 0 aromatic rings. The molecule has 6 rings (SSSR count). The fraction of sp³-hybridized carbons (Fsp3) is 1.00. The zero-order valence-corrected chi connectivity index (χ0v) is 22.6. The lowest BCUT2D eigenvalue weighted by atomic mass is 9.57. The van der Waals surface area contributed by atoms with Crippen molar-refractivity contribution in [2.75, 3.05) is 0 Å². The summed E-state index contributed by atoms with van der Waals surface area (Å²) in [5.41, 5.74) is 0. The third-order valence-electron chi connectivity index (χ3n) is 11.9. The summed E-state index contributed by atoms with van der Waals surface area (Å²) in [7, 11) is 0. The lowest BCUT2D eigenvalue weighted by Gasteiger charge is -2.52. The Bertz CT molecular complexity index is 749. The standard InChI is InChI=1S/C30H52N4O2/c1-18-11-14-21(15-12-18)33-34-28-26-20(13-16-23-22-9-5-6-10-25(22)32-27(23)26)17-24(29(28)35)30(36-31)19-7-3-2-4-8-19/h18-30,32,35H,2-17,31H2,1H3. The highest BCUT2D eigenvalue weighted by Crippen LogP contribution is 2.54. The number of azo groups is 1. The maximum atomic E-state index is 12.0. The summed E-state index contributed by atoms with van der Waals surface area (Å²) in [4.78, 5) is 5.75. The average Bonchev–Trinajstić information content (AvgIpc) is 3.29. The molecule has 0 spiro atoms. The Kier molecular flexibility index (Phi) is 8.05. The van der Waals surface area contributed by atoms with E-state index >= 15 is 0 Å². The van der Waals surface area contributed by atoms with Gasteiger partial charge in [0.2, 0.25) is 0 Å². The van der Waals surface area contributed by atoms with Gasteiger partial charge in [-0.25, -0.2) is 5.90 Å². The minimum absolute atomic E-state index is 0.0497. The summed E-state index contributed by atoms with van der Waals surface area (Å²) in [6, 6.07) is 1.40. The molecule has 6 nitrogen and oxygen atoms in total. The van der Waals surface area contributed by atoms with E-state index in [0.717, 1.165) is 37.0 Å². The van der Waals surface area contributed by atoms with Gasteiger partial charge in [-0.1, -0.05) is 39.0 Å². The van der Waals surface area contributed by atoms with E-state index in [1.165, 1.54) is 83.5 Å². The van der Waals surface area contributed by atoms with Gasteiger partial charge in [0, 0.05) is 23.9 Å². The molecule has 36 heavy (non-hydrogen) atoms. The van der Waals surface area contributed by atoms with Crippen LogP contribution in [0.2, 0.25) is 0 Å². The normalized spacial score (nSPS) is 48.8. The van der Waals surface area contributed by atoms with Gasteiger partial charge in [-0.15, -0.1) is 0 Å². The number of nitrogens with zero attached hydrogens (tertiary/aromatic N) is 2. The zero-order valence-electron chi connectivity index (χ0n) is 22.6. The summed E-state index contributed by atoms with van der Waals surface area (Å²) < 4.78 is 0. The van der Waals surface area contributed by atoms with Crippen LogP contribution in [0.5, 0.6) is 0 Å². The van der Waals surface area contributed by atoms with Crippen LogP contribution in [0.15, 0.2) is 10.2 Å². The van der Waals surface area contributed by atoms with E-state index < -0.39 is 6.10 Å². The van der Waals surface area contributed by atoms with E-state index in [2.05, 4.69) is 12.2 Å². The van der Waals surface area contributed by atoms with E-state index in [1.54, 1.807) is 0 Å². The molecule has 0 aromatic heterocycles. The van der Waals surface area contributed by atoms with Crippen LogP contribution in [0.4, 0.5) is 0 Å². The first-order valence-electron chi connectivity index (χ1n) is 15.8. The van der Waals surface area contributed by atoms with Gasteiger partial charge < -0.3 is 15.3 Å². The van der Waals surface area contributed by atoms with Gasteiger partial charge >= 0.3 is 0 Å². The lowest BCUT2D eigenvalue weighted by Crippen LogP contribution is -2.59. The third kappa shape index (κ3) is 4.94. The maximum absolute atomic E-state index is 12.0. The van der Waals surface area contributed by atoms with Crippen LogP contribution < -0.4 is 11.2 Å². The van der Waals surface area contributed by atoms with E-state index in [9.17, 15) is 5.11 Å². The molecule has 1 heterocycles. The van der Waals surface area contributed by atoms with E-state index in [1.807, 2.05) is 0 Å². The number of rotatable bonds is 5.